The standard InChI is InChI=1S/C22H25N5OS/c1-3-26-16-11-7-6-10-15(16)24-18(26)13-23-22-25-20-19(21(28)27(22)4-2)14-9-5-8-12-17(14)29-20/h6-7,10-11H,3-5,8-9,12-13H2,1-2H3,(H,23,25). The van der Waals surface area contributed by atoms with Gasteiger partial charge in [-0.2, -0.15) is 0 Å². The van der Waals surface area contributed by atoms with E-state index in [1.807, 2.05) is 25.1 Å². The SMILES string of the molecule is CCn1c(NCc2nc3ccccc3n2CC)nc2sc3c(c2c1=O)CCCC3. The molecule has 29 heavy (non-hydrogen) atoms. The zero-order valence-electron chi connectivity index (χ0n) is 16.9. The second-order valence-electron chi connectivity index (χ2n) is 7.49. The number of aryl methyl sites for hydroxylation is 3. The molecule has 4 aromatic rings. The van der Waals surface area contributed by atoms with Crippen molar-refractivity contribution in [2.24, 2.45) is 0 Å². The van der Waals surface area contributed by atoms with Crippen LogP contribution in [0.1, 0.15) is 43.0 Å². The van der Waals surface area contributed by atoms with Crippen LogP contribution in [-0.2, 0) is 32.5 Å². The fourth-order valence-electron chi connectivity index (χ4n) is 4.44. The Labute approximate surface area is 173 Å². The topological polar surface area (TPSA) is 64.7 Å². The minimum Gasteiger partial charge on any atom is -0.348 e. The number of rotatable bonds is 5. The second kappa shape index (κ2) is 7.30. The van der Waals surface area contributed by atoms with E-state index in [1.54, 1.807) is 15.9 Å². The molecule has 7 heteroatoms. The Kier molecular flexibility index (Phi) is 4.62. The molecule has 1 N–H and O–H groups in total. The molecule has 150 valence electrons. The lowest BCUT2D eigenvalue weighted by atomic mass is 9.97. The van der Waals surface area contributed by atoms with Gasteiger partial charge in [0.15, 0.2) is 0 Å². The first-order chi connectivity index (χ1) is 14.2. The molecule has 3 aromatic heterocycles. The highest BCUT2D eigenvalue weighted by Gasteiger charge is 2.22. The van der Waals surface area contributed by atoms with Crippen molar-refractivity contribution in [2.75, 3.05) is 5.32 Å². The lowest BCUT2D eigenvalue weighted by molar-refractivity contribution is 0.691. The van der Waals surface area contributed by atoms with Crippen LogP contribution in [0.15, 0.2) is 29.1 Å². The molecule has 0 atom stereocenters. The molecule has 0 fully saturated rings. The van der Waals surface area contributed by atoms with Gasteiger partial charge in [0.05, 0.1) is 23.0 Å². The fraction of sp³-hybridized carbons (Fsp3) is 0.409. The van der Waals surface area contributed by atoms with Crippen molar-refractivity contribution in [2.45, 2.75) is 59.2 Å². The van der Waals surface area contributed by atoms with Crippen LogP contribution in [0.3, 0.4) is 0 Å². The van der Waals surface area contributed by atoms with Crippen LogP contribution >= 0.6 is 11.3 Å². The van der Waals surface area contributed by atoms with Gasteiger partial charge in [-0.05, 0) is 57.2 Å². The summed E-state index contributed by atoms with van der Waals surface area (Å²) in [7, 11) is 0. The summed E-state index contributed by atoms with van der Waals surface area (Å²) < 4.78 is 3.97. The maximum atomic E-state index is 13.3. The Morgan fingerprint density at radius 3 is 2.69 bits per heavy atom. The number of hydrogen-bond acceptors (Lipinski definition) is 5. The van der Waals surface area contributed by atoms with Gasteiger partial charge in [0, 0.05) is 18.0 Å². The average molecular weight is 408 g/mol. The van der Waals surface area contributed by atoms with E-state index in [0.717, 1.165) is 52.9 Å². The van der Waals surface area contributed by atoms with Gasteiger partial charge in [-0.25, -0.2) is 9.97 Å². The summed E-state index contributed by atoms with van der Waals surface area (Å²) in [6, 6.07) is 8.18. The summed E-state index contributed by atoms with van der Waals surface area (Å²) in [5.74, 6) is 1.59. The summed E-state index contributed by atoms with van der Waals surface area (Å²) in [5.41, 5.74) is 3.46. The van der Waals surface area contributed by atoms with Crippen molar-refractivity contribution in [1.82, 2.24) is 19.1 Å². The number of benzene rings is 1. The van der Waals surface area contributed by atoms with Gasteiger partial charge >= 0.3 is 0 Å². The molecule has 0 saturated heterocycles. The third kappa shape index (κ3) is 2.95. The minimum absolute atomic E-state index is 0.0865. The lowest BCUT2D eigenvalue weighted by Gasteiger charge is -2.14. The fourth-order valence-corrected chi connectivity index (χ4v) is 5.69. The Balaban J connectivity index is 1.55. The smallest absolute Gasteiger partial charge is 0.263 e. The van der Waals surface area contributed by atoms with Crippen molar-refractivity contribution >= 4 is 38.5 Å². The number of aromatic nitrogens is 4. The molecule has 0 unspecified atom stereocenters. The first kappa shape index (κ1) is 18.4. The van der Waals surface area contributed by atoms with E-state index >= 15 is 0 Å². The summed E-state index contributed by atoms with van der Waals surface area (Å²) in [6.07, 6.45) is 4.45. The second-order valence-corrected chi connectivity index (χ2v) is 8.57. The first-order valence-corrected chi connectivity index (χ1v) is 11.3. The predicted molar refractivity (Wildman–Crippen MR) is 119 cm³/mol. The Bertz CT molecular complexity index is 1270. The zero-order valence-corrected chi connectivity index (χ0v) is 17.7. The molecule has 0 spiro atoms. The molecule has 3 heterocycles. The van der Waals surface area contributed by atoms with Crippen molar-refractivity contribution in [3.05, 3.63) is 50.9 Å². The first-order valence-electron chi connectivity index (χ1n) is 10.4. The van der Waals surface area contributed by atoms with Crippen LogP contribution in [0.2, 0.25) is 0 Å². The molecule has 0 amide bonds. The monoisotopic (exact) mass is 407 g/mol. The third-order valence-electron chi connectivity index (χ3n) is 5.85. The van der Waals surface area contributed by atoms with Gasteiger partial charge in [-0.15, -0.1) is 11.3 Å². The van der Waals surface area contributed by atoms with E-state index in [0.29, 0.717) is 19.0 Å². The van der Waals surface area contributed by atoms with Crippen LogP contribution in [0.25, 0.3) is 21.3 Å². The number of para-hydroxylation sites is 2. The van der Waals surface area contributed by atoms with Gasteiger partial charge in [0.2, 0.25) is 5.95 Å². The number of fused-ring (bicyclic) bond motifs is 4. The molecule has 6 nitrogen and oxygen atoms in total. The maximum Gasteiger partial charge on any atom is 0.263 e. The molecule has 1 aliphatic rings. The van der Waals surface area contributed by atoms with E-state index in [2.05, 4.69) is 22.9 Å². The number of thiophene rings is 1. The highest BCUT2D eigenvalue weighted by molar-refractivity contribution is 7.18. The van der Waals surface area contributed by atoms with Crippen molar-refractivity contribution < 1.29 is 0 Å². The largest absolute Gasteiger partial charge is 0.348 e. The van der Waals surface area contributed by atoms with Crippen molar-refractivity contribution in [3.63, 3.8) is 0 Å². The zero-order chi connectivity index (χ0) is 20.0. The Morgan fingerprint density at radius 1 is 1.07 bits per heavy atom. The average Bonchev–Trinajstić information content (AvgIpc) is 3.29. The molecule has 0 radical (unpaired) electrons. The maximum absolute atomic E-state index is 13.3. The molecule has 0 bridgehead atoms. The summed E-state index contributed by atoms with van der Waals surface area (Å²) in [6.45, 7) is 6.10. The van der Waals surface area contributed by atoms with Gasteiger partial charge in [0.25, 0.3) is 5.56 Å². The van der Waals surface area contributed by atoms with E-state index in [-0.39, 0.29) is 5.56 Å². The number of imidazole rings is 1. The van der Waals surface area contributed by atoms with E-state index < -0.39 is 0 Å². The van der Waals surface area contributed by atoms with Crippen LogP contribution in [-0.4, -0.2) is 19.1 Å². The van der Waals surface area contributed by atoms with Gasteiger partial charge < -0.3 is 9.88 Å². The minimum atomic E-state index is 0.0865. The van der Waals surface area contributed by atoms with Crippen LogP contribution in [0.5, 0.6) is 0 Å². The predicted octanol–water partition coefficient (Wildman–Crippen LogP) is 4.34. The Hall–Kier alpha value is -2.67. The molecular weight excluding hydrogens is 382 g/mol. The van der Waals surface area contributed by atoms with Crippen LogP contribution in [0.4, 0.5) is 5.95 Å². The number of hydrogen-bond donors (Lipinski definition) is 1. The van der Waals surface area contributed by atoms with Crippen molar-refractivity contribution in [1.29, 1.82) is 0 Å². The summed E-state index contributed by atoms with van der Waals surface area (Å²) >= 11 is 1.70. The molecule has 0 aliphatic heterocycles. The van der Waals surface area contributed by atoms with E-state index in [1.165, 1.54) is 16.9 Å². The van der Waals surface area contributed by atoms with E-state index in [9.17, 15) is 4.79 Å². The summed E-state index contributed by atoms with van der Waals surface area (Å²) in [5, 5.41) is 4.25. The van der Waals surface area contributed by atoms with Gasteiger partial charge in [0.1, 0.15) is 10.7 Å². The lowest BCUT2D eigenvalue weighted by Crippen LogP contribution is -2.25. The Morgan fingerprint density at radius 2 is 1.86 bits per heavy atom. The van der Waals surface area contributed by atoms with Gasteiger partial charge in [-0.1, -0.05) is 12.1 Å². The number of nitrogens with one attached hydrogen (secondary N) is 1. The molecular formula is C22H25N5OS. The molecule has 0 saturated carbocycles. The normalized spacial score (nSPS) is 13.9. The summed E-state index contributed by atoms with van der Waals surface area (Å²) in [4.78, 5) is 25.1. The quantitative estimate of drug-likeness (QED) is 0.535. The third-order valence-corrected chi connectivity index (χ3v) is 7.03. The highest BCUT2D eigenvalue weighted by Crippen LogP contribution is 2.34. The van der Waals surface area contributed by atoms with Crippen molar-refractivity contribution in [3.8, 4) is 0 Å². The molecule has 5 rings (SSSR count). The molecule has 1 aliphatic carbocycles. The highest BCUT2D eigenvalue weighted by atomic mass is 32.1. The molecule has 1 aromatic carbocycles. The van der Waals surface area contributed by atoms with Gasteiger partial charge in [-0.3, -0.25) is 9.36 Å². The van der Waals surface area contributed by atoms with Crippen LogP contribution < -0.4 is 10.9 Å². The van der Waals surface area contributed by atoms with E-state index in [4.69, 9.17) is 9.97 Å². The van der Waals surface area contributed by atoms with Crippen LogP contribution in [0, 0.1) is 0 Å². The number of nitrogens with zero attached hydrogens (tertiary/aromatic N) is 4. The number of anilines is 1.